The van der Waals surface area contributed by atoms with Crippen LogP contribution in [0.2, 0.25) is 0 Å². The average Bonchev–Trinajstić information content (AvgIpc) is 2.53. The maximum Gasteiger partial charge on any atom is 0.0497 e. The second kappa shape index (κ2) is 8.03. The molecule has 3 heteroatoms. The average molecular weight is 325 g/mol. The second-order valence-corrected chi connectivity index (χ2v) is 6.69. The Kier molecular flexibility index (Phi) is 6.35. The van der Waals surface area contributed by atoms with Gasteiger partial charge in [0.15, 0.2) is 0 Å². The second-order valence-electron chi connectivity index (χ2n) is 5.82. The Balaban J connectivity index is 2.06. The number of hydrogen-bond donors (Lipinski definition) is 1. The molecule has 0 bridgehead atoms. The molecular weight excluding hydrogens is 303 g/mol. The Morgan fingerprint density at radius 2 is 1.81 bits per heavy atom. The van der Waals surface area contributed by atoms with Gasteiger partial charge in [0, 0.05) is 17.9 Å². The highest BCUT2D eigenvalue weighted by Crippen LogP contribution is 2.24. The molecular formula is C18H22Cl2O. The van der Waals surface area contributed by atoms with Gasteiger partial charge < -0.3 is 5.11 Å². The van der Waals surface area contributed by atoms with Gasteiger partial charge in [-0.25, -0.2) is 0 Å². The minimum absolute atomic E-state index is 0.0303. The molecule has 0 heterocycles. The Labute approximate surface area is 136 Å². The number of benzene rings is 2. The maximum absolute atomic E-state index is 9.63. The van der Waals surface area contributed by atoms with Crippen molar-refractivity contribution < 1.29 is 5.11 Å². The van der Waals surface area contributed by atoms with Gasteiger partial charge in [-0.05, 0) is 41.0 Å². The van der Waals surface area contributed by atoms with E-state index in [9.17, 15) is 5.11 Å². The van der Waals surface area contributed by atoms with E-state index in [1.807, 2.05) is 6.07 Å². The number of hydrogen-bond acceptors (Lipinski definition) is 1. The Morgan fingerprint density at radius 3 is 2.48 bits per heavy atom. The molecule has 0 radical (unpaired) electrons. The predicted octanol–water partition coefficient (Wildman–Crippen LogP) is 4.86. The van der Waals surface area contributed by atoms with Gasteiger partial charge in [-0.2, -0.15) is 0 Å². The predicted molar refractivity (Wildman–Crippen MR) is 92.4 cm³/mol. The Hall–Kier alpha value is -0.760. The fraction of sp³-hybridized carbons (Fsp3) is 0.444. The molecule has 1 nitrogen and oxygen atoms in total. The molecule has 0 spiro atoms. The fourth-order valence-electron chi connectivity index (χ4n) is 2.75. The lowest BCUT2D eigenvalue weighted by atomic mass is 9.89. The zero-order valence-corrected chi connectivity index (χ0v) is 13.8. The summed E-state index contributed by atoms with van der Waals surface area (Å²) in [6.45, 7) is 2.28. The van der Waals surface area contributed by atoms with Crippen molar-refractivity contribution in [3.63, 3.8) is 0 Å². The van der Waals surface area contributed by atoms with Crippen LogP contribution in [0.1, 0.15) is 18.9 Å². The van der Waals surface area contributed by atoms with Crippen LogP contribution in [0.4, 0.5) is 0 Å². The summed E-state index contributed by atoms with van der Waals surface area (Å²) >= 11 is 12.0. The molecule has 0 aliphatic rings. The number of aliphatic hydroxyl groups is 1. The minimum Gasteiger partial charge on any atom is -0.396 e. The van der Waals surface area contributed by atoms with Crippen LogP contribution in [-0.4, -0.2) is 23.0 Å². The van der Waals surface area contributed by atoms with Gasteiger partial charge in [0.25, 0.3) is 0 Å². The molecule has 2 aromatic carbocycles. The van der Waals surface area contributed by atoms with Crippen molar-refractivity contribution in [1.82, 2.24) is 0 Å². The maximum atomic E-state index is 9.63. The summed E-state index contributed by atoms with van der Waals surface area (Å²) in [6, 6.07) is 14.8. The van der Waals surface area contributed by atoms with E-state index in [0.717, 1.165) is 12.8 Å². The van der Waals surface area contributed by atoms with Crippen molar-refractivity contribution in [2.24, 2.45) is 11.8 Å². The van der Waals surface area contributed by atoms with Crippen LogP contribution < -0.4 is 0 Å². The lowest BCUT2D eigenvalue weighted by Crippen LogP contribution is -2.20. The van der Waals surface area contributed by atoms with E-state index in [1.54, 1.807) is 0 Å². The first-order valence-corrected chi connectivity index (χ1v) is 8.39. The number of fused-ring (bicyclic) bond motifs is 1. The van der Waals surface area contributed by atoms with Gasteiger partial charge in [0.1, 0.15) is 0 Å². The Morgan fingerprint density at radius 1 is 1.10 bits per heavy atom. The van der Waals surface area contributed by atoms with Gasteiger partial charge in [0.05, 0.1) is 0 Å². The zero-order chi connectivity index (χ0) is 15.2. The number of halogens is 2. The highest BCUT2D eigenvalue weighted by molar-refractivity contribution is 6.28. The summed E-state index contributed by atoms with van der Waals surface area (Å²) in [6.07, 6.45) is 1.77. The largest absolute Gasteiger partial charge is 0.396 e. The number of alkyl halides is 2. The van der Waals surface area contributed by atoms with Gasteiger partial charge >= 0.3 is 0 Å². The summed E-state index contributed by atoms with van der Waals surface area (Å²) in [4.78, 5) is 0. The van der Waals surface area contributed by atoms with Gasteiger partial charge in [-0.15, -0.1) is 23.2 Å². The highest BCUT2D eigenvalue weighted by Gasteiger charge is 2.19. The molecule has 2 aromatic rings. The standard InChI is InChI=1S/C18H22Cl2O/c1-13(18(20)11-19)8-15(12-21)9-14-6-7-16-4-2-3-5-17(16)10-14/h2-7,10,13,15,18,21H,8-9,11-12H2,1H3/t13-,15+,18-/m0/s1. The van der Waals surface area contributed by atoms with Crippen LogP contribution in [0.25, 0.3) is 10.8 Å². The molecule has 0 saturated carbocycles. The van der Waals surface area contributed by atoms with Crippen molar-refractivity contribution in [1.29, 1.82) is 0 Å². The van der Waals surface area contributed by atoms with Crippen LogP contribution in [0.15, 0.2) is 42.5 Å². The van der Waals surface area contributed by atoms with Crippen LogP contribution in [0, 0.1) is 11.8 Å². The number of aliphatic hydroxyl groups excluding tert-OH is 1. The van der Waals surface area contributed by atoms with Crippen LogP contribution >= 0.6 is 23.2 Å². The first-order chi connectivity index (χ1) is 10.1. The van der Waals surface area contributed by atoms with Crippen LogP contribution in [0.5, 0.6) is 0 Å². The monoisotopic (exact) mass is 324 g/mol. The molecule has 0 unspecified atom stereocenters. The summed E-state index contributed by atoms with van der Waals surface area (Å²) in [5, 5.41) is 12.1. The van der Waals surface area contributed by atoms with E-state index in [4.69, 9.17) is 23.2 Å². The van der Waals surface area contributed by atoms with E-state index >= 15 is 0 Å². The first kappa shape index (κ1) is 16.6. The van der Waals surface area contributed by atoms with Gasteiger partial charge in [-0.3, -0.25) is 0 Å². The van der Waals surface area contributed by atoms with Crippen LogP contribution in [0.3, 0.4) is 0 Å². The van der Waals surface area contributed by atoms with Crippen molar-refractivity contribution in [2.75, 3.05) is 12.5 Å². The molecule has 0 saturated heterocycles. The molecule has 0 amide bonds. The quantitative estimate of drug-likeness (QED) is 0.721. The molecule has 3 atom stereocenters. The third-order valence-corrected chi connectivity index (χ3v) is 5.14. The fourth-order valence-corrected chi connectivity index (χ4v) is 3.15. The zero-order valence-electron chi connectivity index (χ0n) is 12.3. The van der Waals surface area contributed by atoms with Crippen LogP contribution in [-0.2, 0) is 6.42 Å². The SMILES string of the molecule is C[C@@H](C[C@@H](CO)Cc1ccc2ccccc2c1)[C@@H](Cl)CCl. The van der Waals surface area contributed by atoms with Crippen molar-refractivity contribution in [3.05, 3.63) is 48.0 Å². The van der Waals surface area contributed by atoms with E-state index in [2.05, 4.69) is 43.3 Å². The van der Waals surface area contributed by atoms with Gasteiger partial charge in [-0.1, -0.05) is 49.4 Å². The molecule has 21 heavy (non-hydrogen) atoms. The Bertz CT molecular complexity index is 570. The molecule has 2 rings (SSSR count). The minimum atomic E-state index is -0.0303. The van der Waals surface area contributed by atoms with Crippen molar-refractivity contribution >= 4 is 34.0 Å². The van der Waals surface area contributed by atoms with E-state index < -0.39 is 0 Å². The highest BCUT2D eigenvalue weighted by atomic mass is 35.5. The third kappa shape index (κ3) is 4.60. The summed E-state index contributed by atoms with van der Waals surface area (Å²) < 4.78 is 0. The van der Waals surface area contributed by atoms with E-state index in [1.165, 1.54) is 16.3 Å². The number of rotatable bonds is 7. The molecule has 0 fully saturated rings. The topological polar surface area (TPSA) is 20.2 Å². The molecule has 114 valence electrons. The summed E-state index contributed by atoms with van der Waals surface area (Å²) in [5.41, 5.74) is 1.26. The van der Waals surface area contributed by atoms with Crippen molar-refractivity contribution in [3.8, 4) is 0 Å². The molecule has 1 N–H and O–H groups in total. The molecule has 0 aliphatic carbocycles. The lowest BCUT2D eigenvalue weighted by molar-refractivity contribution is 0.202. The van der Waals surface area contributed by atoms with Gasteiger partial charge in [0.2, 0.25) is 0 Å². The summed E-state index contributed by atoms with van der Waals surface area (Å²) in [7, 11) is 0. The summed E-state index contributed by atoms with van der Waals surface area (Å²) in [5.74, 6) is 0.990. The third-order valence-electron chi connectivity index (χ3n) is 4.07. The molecule has 0 aliphatic heterocycles. The molecule has 0 aromatic heterocycles. The van der Waals surface area contributed by atoms with E-state index in [0.29, 0.717) is 11.8 Å². The smallest absolute Gasteiger partial charge is 0.0497 e. The van der Waals surface area contributed by atoms with Crippen molar-refractivity contribution in [2.45, 2.75) is 25.1 Å². The first-order valence-electron chi connectivity index (χ1n) is 7.42. The van der Waals surface area contributed by atoms with E-state index in [-0.39, 0.29) is 17.9 Å². The lowest BCUT2D eigenvalue weighted by Gasteiger charge is -2.22. The normalized spacial score (nSPS) is 15.8.